The van der Waals surface area contributed by atoms with E-state index >= 15 is 0 Å². The lowest BCUT2D eigenvalue weighted by molar-refractivity contribution is 0.0998. The fourth-order valence-electron chi connectivity index (χ4n) is 3.60. The maximum atomic E-state index is 13.2. The van der Waals surface area contributed by atoms with Crippen LogP contribution < -0.4 is 4.80 Å². The Kier molecular flexibility index (Phi) is 7.67. The van der Waals surface area contributed by atoms with E-state index in [4.69, 9.17) is 6.42 Å². The highest BCUT2D eigenvalue weighted by Gasteiger charge is 2.23. The molecule has 0 atom stereocenters. The third-order valence-corrected chi connectivity index (χ3v) is 8.85. The van der Waals surface area contributed by atoms with E-state index < -0.39 is 15.9 Å². The number of carbonyl (C=O) groups is 1. The van der Waals surface area contributed by atoms with Gasteiger partial charge in [0.25, 0.3) is 5.91 Å². The lowest BCUT2D eigenvalue weighted by Crippen LogP contribution is -2.30. The summed E-state index contributed by atoms with van der Waals surface area (Å²) in [5.41, 5.74) is 2.09. The van der Waals surface area contributed by atoms with E-state index in [1.165, 1.54) is 39.9 Å². The molecule has 4 aromatic rings. The number of amides is 1. The topological polar surface area (TPSA) is 71.7 Å². The molecule has 0 N–H and O–H groups in total. The van der Waals surface area contributed by atoms with Gasteiger partial charge in [-0.3, -0.25) is 4.79 Å². The maximum absolute atomic E-state index is 13.2. The monoisotopic (exact) mass is 567 g/mol. The lowest BCUT2D eigenvalue weighted by atomic mass is 10.2. The van der Waals surface area contributed by atoms with Crippen LogP contribution in [0.5, 0.6) is 0 Å². The van der Waals surface area contributed by atoms with Crippen molar-refractivity contribution in [3.8, 4) is 12.3 Å². The number of hydrogen-bond donors (Lipinski definition) is 0. The molecular formula is C26H22BrN3O3S2. The molecule has 4 rings (SSSR count). The third-order valence-electron chi connectivity index (χ3n) is 5.38. The van der Waals surface area contributed by atoms with Crippen LogP contribution in [0.25, 0.3) is 10.2 Å². The first-order valence-electron chi connectivity index (χ1n) is 10.8. The van der Waals surface area contributed by atoms with Crippen LogP contribution >= 0.6 is 27.3 Å². The van der Waals surface area contributed by atoms with Gasteiger partial charge in [0.1, 0.15) is 0 Å². The molecule has 0 aliphatic carbocycles. The van der Waals surface area contributed by atoms with E-state index in [0.717, 1.165) is 20.3 Å². The Bertz CT molecular complexity index is 1580. The molecule has 1 heterocycles. The van der Waals surface area contributed by atoms with Crippen molar-refractivity contribution in [3.63, 3.8) is 0 Å². The Hall–Kier alpha value is -3.03. The van der Waals surface area contributed by atoms with Gasteiger partial charge < -0.3 is 4.57 Å². The van der Waals surface area contributed by atoms with Crippen LogP contribution in [0.15, 0.2) is 87.2 Å². The van der Waals surface area contributed by atoms with Gasteiger partial charge in [-0.05, 0) is 48.0 Å². The summed E-state index contributed by atoms with van der Waals surface area (Å²) in [6, 6.07) is 21.1. The van der Waals surface area contributed by atoms with Crippen LogP contribution in [0.1, 0.15) is 22.8 Å². The van der Waals surface area contributed by atoms with Gasteiger partial charge in [-0.15, -0.1) is 6.42 Å². The number of carbonyl (C=O) groups excluding carboxylic acids is 1. The smallest absolute Gasteiger partial charge is 0.279 e. The van der Waals surface area contributed by atoms with Gasteiger partial charge in [-0.1, -0.05) is 70.4 Å². The highest BCUT2D eigenvalue weighted by Crippen LogP contribution is 2.23. The number of benzene rings is 3. The largest absolute Gasteiger partial charge is 0.305 e. The number of terminal acetylenes is 1. The molecule has 9 heteroatoms. The minimum Gasteiger partial charge on any atom is -0.305 e. The highest BCUT2D eigenvalue weighted by atomic mass is 79.9. The molecule has 1 aromatic heterocycles. The number of rotatable bonds is 7. The number of nitrogens with zero attached hydrogens (tertiary/aromatic N) is 3. The summed E-state index contributed by atoms with van der Waals surface area (Å²) in [5.74, 6) is 2.13. The summed E-state index contributed by atoms with van der Waals surface area (Å²) in [6.45, 7) is 2.67. The first kappa shape index (κ1) is 25.1. The van der Waals surface area contributed by atoms with Crippen molar-refractivity contribution in [2.45, 2.75) is 24.9 Å². The van der Waals surface area contributed by atoms with Gasteiger partial charge in [-0.25, -0.2) is 8.42 Å². The predicted octanol–water partition coefficient (Wildman–Crippen LogP) is 5.05. The Morgan fingerprint density at radius 2 is 1.83 bits per heavy atom. The molecule has 0 radical (unpaired) electrons. The Morgan fingerprint density at radius 3 is 2.49 bits per heavy atom. The van der Waals surface area contributed by atoms with E-state index in [2.05, 4.69) is 26.8 Å². The summed E-state index contributed by atoms with van der Waals surface area (Å²) < 4.78 is 31.4. The average molecular weight is 569 g/mol. The van der Waals surface area contributed by atoms with Gasteiger partial charge in [-0.2, -0.15) is 9.30 Å². The van der Waals surface area contributed by atoms with Crippen LogP contribution in [0.4, 0.5) is 0 Å². The van der Waals surface area contributed by atoms with Crippen molar-refractivity contribution in [1.29, 1.82) is 0 Å². The number of halogens is 1. The number of hydrogen-bond acceptors (Lipinski definition) is 4. The number of fused-ring (bicyclic) bond motifs is 1. The van der Waals surface area contributed by atoms with Crippen LogP contribution in [0.2, 0.25) is 0 Å². The zero-order valence-corrected chi connectivity index (χ0v) is 22.1. The van der Waals surface area contributed by atoms with Gasteiger partial charge in [0.2, 0.25) is 10.0 Å². The van der Waals surface area contributed by atoms with E-state index in [-0.39, 0.29) is 18.0 Å². The number of thiazole rings is 1. The quantitative estimate of drug-likeness (QED) is 0.293. The molecule has 0 aliphatic heterocycles. The van der Waals surface area contributed by atoms with Crippen LogP contribution in [-0.2, 0) is 23.1 Å². The van der Waals surface area contributed by atoms with Crippen molar-refractivity contribution in [3.05, 3.63) is 93.2 Å². The van der Waals surface area contributed by atoms with Gasteiger partial charge in [0.15, 0.2) is 4.80 Å². The van der Waals surface area contributed by atoms with E-state index in [1.54, 1.807) is 6.92 Å². The van der Waals surface area contributed by atoms with Crippen molar-refractivity contribution in [1.82, 2.24) is 8.87 Å². The van der Waals surface area contributed by atoms with Crippen LogP contribution in [0, 0.1) is 12.3 Å². The van der Waals surface area contributed by atoms with Crippen LogP contribution in [-0.4, -0.2) is 29.7 Å². The minimum atomic E-state index is -3.72. The Balaban J connectivity index is 1.62. The average Bonchev–Trinajstić information content (AvgIpc) is 3.19. The second-order valence-corrected chi connectivity index (χ2v) is 11.5. The summed E-state index contributed by atoms with van der Waals surface area (Å²) in [7, 11) is -3.72. The number of aromatic nitrogens is 1. The zero-order valence-electron chi connectivity index (χ0n) is 18.9. The second-order valence-electron chi connectivity index (χ2n) is 7.65. The Morgan fingerprint density at radius 1 is 1.11 bits per heavy atom. The Labute approximate surface area is 216 Å². The minimum absolute atomic E-state index is 0.126. The molecule has 1 amide bonds. The van der Waals surface area contributed by atoms with Crippen molar-refractivity contribution >= 4 is 53.4 Å². The molecule has 0 unspecified atom stereocenters. The highest BCUT2D eigenvalue weighted by molar-refractivity contribution is 9.10. The van der Waals surface area contributed by atoms with E-state index in [1.807, 2.05) is 53.1 Å². The normalized spacial score (nSPS) is 12.2. The third kappa shape index (κ3) is 5.46. The first-order valence-corrected chi connectivity index (χ1v) is 13.8. The SMILES string of the molecule is C#CCn1c(=NC(=O)c2ccc(S(=O)(=O)N(CC)Cc3ccccc3)cc2)sc2cc(Br)ccc21. The fourth-order valence-corrected chi connectivity index (χ4v) is 6.62. The van der Waals surface area contributed by atoms with Crippen molar-refractivity contribution in [2.24, 2.45) is 4.99 Å². The van der Waals surface area contributed by atoms with Gasteiger partial charge >= 0.3 is 0 Å². The molecule has 0 bridgehead atoms. The predicted molar refractivity (Wildman–Crippen MR) is 142 cm³/mol. The fraction of sp³-hybridized carbons (Fsp3) is 0.154. The first-order chi connectivity index (χ1) is 16.8. The summed E-state index contributed by atoms with van der Waals surface area (Å²) in [4.78, 5) is 17.8. The lowest BCUT2D eigenvalue weighted by Gasteiger charge is -2.20. The van der Waals surface area contributed by atoms with Gasteiger partial charge in [0, 0.05) is 23.1 Å². The molecule has 178 valence electrons. The molecular weight excluding hydrogens is 546 g/mol. The molecule has 0 aliphatic rings. The molecule has 0 saturated heterocycles. The van der Waals surface area contributed by atoms with Crippen molar-refractivity contribution in [2.75, 3.05) is 6.54 Å². The standard InChI is InChI=1S/C26H22BrN3O3S2/c1-3-16-30-23-15-12-21(27)17-24(23)34-26(30)28-25(31)20-10-13-22(14-11-20)35(32,33)29(4-2)18-19-8-6-5-7-9-19/h1,5-15,17H,4,16,18H2,2H3. The van der Waals surface area contributed by atoms with Gasteiger partial charge in [0.05, 0.1) is 21.7 Å². The molecule has 0 saturated carbocycles. The van der Waals surface area contributed by atoms with E-state index in [9.17, 15) is 13.2 Å². The maximum Gasteiger partial charge on any atom is 0.279 e. The molecule has 35 heavy (non-hydrogen) atoms. The van der Waals surface area contributed by atoms with Crippen molar-refractivity contribution < 1.29 is 13.2 Å². The second kappa shape index (κ2) is 10.7. The van der Waals surface area contributed by atoms with Crippen LogP contribution in [0.3, 0.4) is 0 Å². The summed E-state index contributed by atoms with van der Waals surface area (Å²) >= 11 is 4.82. The van der Waals surface area contributed by atoms with E-state index in [0.29, 0.717) is 16.9 Å². The summed E-state index contributed by atoms with van der Waals surface area (Å²) in [6.07, 6.45) is 5.53. The molecule has 6 nitrogen and oxygen atoms in total. The number of sulfonamides is 1. The molecule has 0 spiro atoms. The zero-order chi connectivity index (χ0) is 25.0. The molecule has 3 aromatic carbocycles. The molecule has 0 fully saturated rings. The summed E-state index contributed by atoms with van der Waals surface area (Å²) in [5, 5.41) is 0.